The van der Waals surface area contributed by atoms with Crippen LogP contribution in [0.5, 0.6) is 6.01 Å². The maximum absolute atomic E-state index is 13.9. The second kappa shape index (κ2) is 11.3. The molecule has 4 aliphatic rings. The summed E-state index contributed by atoms with van der Waals surface area (Å²) >= 11 is 0. The van der Waals surface area contributed by atoms with Crippen molar-refractivity contribution in [1.82, 2.24) is 19.8 Å². The van der Waals surface area contributed by atoms with Gasteiger partial charge < -0.3 is 19.4 Å². The molecule has 2 saturated heterocycles. The van der Waals surface area contributed by atoms with E-state index in [1.54, 1.807) is 15.9 Å². The molecule has 0 bridgehead atoms. The lowest BCUT2D eigenvalue weighted by Crippen LogP contribution is -2.55. The molecular formula is C31H36F3N7O2. The number of hydrogen-bond acceptors (Lipinski definition) is 8. The van der Waals surface area contributed by atoms with Gasteiger partial charge in [0, 0.05) is 43.5 Å². The number of ether oxygens (including phenoxy) is 1. The van der Waals surface area contributed by atoms with Crippen molar-refractivity contribution < 1.29 is 22.7 Å². The summed E-state index contributed by atoms with van der Waals surface area (Å²) in [5, 5.41) is 9.49. The standard InChI is InChI=1S/C31H36F3N7O2/c1-3-27(42)41-18-17-40(19-21(41)10-14-35)28-22-11-16-39(25-8-5-4-7-23(25)31(32,33)34)20-24(22)36-29(37-28)43-30(12-13-30)26-9-6-15-38(26)2/h3-5,7-8,21,26H,1,6,9-13,15-20H2,2H3/t21-,26-/m0/s1. The van der Waals surface area contributed by atoms with Gasteiger partial charge in [-0.05, 0) is 63.9 Å². The molecule has 4 heterocycles. The first-order chi connectivity index (χ1) is 20.6. The molecule has 1 saturated carbocycles. The second-order valence-corrected chi connectivity index (χ2v) is 11.9. The number of amides is 1. The summed E-state index contributed by atoms with van der Waals surface area (Å²) < 4.78 is 48.4. The van der Waals surface area contributed by atoms with E-state index in [2.05, 4.69) is 29.5 Å². The van der Waals surface area contributed by atoms with Crippen molar-refractivity contribution in [3.05, 3.63) is 53.7 Å². The van der Waals surface area contributed by atoms with Crippen LogP contribution in [-0.2, 0) is 23.9 Å². The number of likely N-dealkylation sites (tertiary alicyclic amines) is 1. The molecule has 228 valence electrons. The summed E-state index contributed by atoms with van der Waals surface area (Å²) in [6.07, 6.45) is 1.32. The SMILES string of the molecule is C=CC(=O)N1CCN(c2nc(OC3([C@@H]4CCCN4C)CC3)nc3c2CCN(c2ccccc2C(F)(F)F)C3)C[C@@H]1CC#N. The normalized spacial score (nSPS) is 23.5. The predicted molar refractivity (Wildman–Crippen MR) is 155 cm³/mol. The number of hydrogen-bond donors (Lipinski definition) is 0. The third kappa shape index (κ3) is 5.62. The van der Waals surface area contributed by atoms with Crippen molar-refractivity contribution in [2.75, 3.05) is 49.6 Å². The highest BCUT2D eigenvalue weighted by Gasteiger charge is 2.55. The molecule has 3 aliphatic heterocycles. The van der Waals surface area contributed by atoms with Gasteiger partial charge in [0.05, 0.1) is 36.3 Å². The summed E-state index contributed by atoms with van der Waals surface area (Å²) in [6, 6.07) is 7.98. The second-order valence-electron chi connectivity index (χ2n) is 11.9. The minimum Gasteiger partial charge on any atom is -0.455 e. The Morgan fingerprint density at radius 2 is 1.98 bits per heavy atom. The monoisotopic (exact) mass is 595 g/mol. The molecule has 0 unspecified atom stereocenters. The molecule has 6 rings (SSSR count). The Balaban J connectivity index is 1.36. The van der Waals surface area contributed by atoms with E-state index in [1.165, 1.54) is 18.2 Å². The predicted octanol–water partition coefficient (Wildman–Crippen LogP) is 4.18. The molecule has 12 heteroatoms. The molecule has 3 fully saturated rings. The van der Waals surface area contributed by atoms with Crippen molar-refractivity contribution in [3.63, 3.8) is 0 Å². The molecule has 2 aromatic rings. The number of anilines is 2. The van der Waals surface area contributed by atoms with Crippen LogP contribution in [0.4, 0.5) is 24.7 Å². The van der Waals surface area contributed by atoms with E-state index >= 15 is 0 Å². The number of halogens is 3. The lowest BCUT2D eigenvalue weighted by molar-refractivity contribution is -0.137. The average molecular weight is 596 g/mol. The fourth-order valence-corrected chi connectivity index (χ4v) is 7.01. The molecular weight excluding hydrogens is 559 g/mol. The molecule has 0 N–H and O–H groups in total. The Labute approximate surface area is 249 Å². The number of aromatic nitrogens is 2. The number of likely N-dealkylation sites (N-methyl/N-ethyl adjacent to an activating group) is 1. The van der Waals surface area contributed by atoms with Crippen molar-refractivity contribution >= 4 is 17.4 Å². The van der Waals surface area contributed by atoms with Crippen LogP contribution in [0, 0.1) is 11.3 Å². The van der Waals surface area contributed by atoms with Gasteiger partial charge in [-0.1, -0.05) is 18.7 Å². The Hall–Kier alpha value is -3.85. The first kappa shape index (κ1) is 29.2. The van der Waals surface area contributed by atoms with E-state index in [4.69, 9.17) is 14.7 Å². The van der Waals surface area contributed by atoms with Crippen LogP contribution in [0.1, 0.15) is 48.9 Å². The third-order valence-corrected chi connectivity index (χ3v) is 9.30. The maximum atomic E-state index is 13.9. The van der Waals surface area contributed by atoms with Crippen LogP contribution in [-0.4, -0.2) is 83.1 Å². The number of benzene rings is 1. The summed E-state index contributed by atoms with van der Waals surface area (Å²) in [7, 11) is 2.11. The van der Waals surface area contributed by atoms with E-state index in [0.717, 1.165) is 43.9 Å². The Morgan fingerprint density at radius 3 is 2.65 bits per heavy atom. The molecule has 9 nitrogen and oxygen atoms in total. The van der Waals surface area contributed by atoms with Gasteiger partial charge in [0.2, 0.25) is 5.91 Å². The molecule has 1 aromatic heterocycles. The van der Waals surface area contributed by atoms with Gasteiger partial charge in [-0.25, -0.2) is 0 Å². The number of nitrogens with zero attached hydrogens (tertiary/aromatic N) is 7. The van der Waals surface area contributed by atoms with Crippen LogP contribution in [0.3, 0.4) is 0 Å². The quantitative estimate of drug-likeness (QED) is 0.441. The Kier molecular flexibility index (Phi) is 7.71. The third-order valence-electron chi connectivity index (χ3n) is 9.30. The van der Waals surface area contributed by atoms with Gasteiger partial charge in [0.15, 0.2) is 0 Å². The number of piperazine rings is 1. The van der Waals surface area contributed by atoms with E-state index in [-0.39, 0.29) is 48.3 Å². The molecule has 1 aliphatic carbocycles. The average Bonchev–Trinajstić information content (AvgIpc) is 3.64. The van der Waals surface area contributed by atoms with Crippen LogP contribution in [0.2, 0.25) is 0 Å². The first-order valence-electron chi connectivity index (χ1n) is 14.9. The zero-order valence-electron chi connectivity index (χ0n) is 24.3. The minimum atomic E-state index is -4.48. The lowest BCUT2D eigenvalue weighted by Gasteiger charge is -2.42. The zero-order valence-corrected chi connectivity index (χ0v) is 24.3. The first-order valence-corrected chi connectivity index (χ1v) is 14.9. The Morgan fingerprint density at radius 1 is 1.19 bits per heavy atom. The fourth-order valence-electron chi connectivity index (χ4n) is 7.01. The van der Waals surface area contributed by atoms with Crippen LogP contribution < -0.4 is 14.5 Å². The van der Waals surface area contributed by atoms with Crippen molar-refractivity contribution in [1.29, 1.82) is 5.26 Å². The molecule has 2 atom stereocenters. The maximum Gasteiger partial charge on any atom is 0.418 e. The minimum absolute atomic E-state index is 0.125. The lowest BCUT2D eigenvalue weighted by atomic mass is 10.0. The highest BCUT2D eigenvalue weighted by atomic mass is 19.4. The number of nitriles is 1. The number of carbonyl (C=O) groups excluding carboxylic acids is 1. The molecule has 1 aromatic carbocycles. The van der Waals surface area contributed by atoms with E-state index in [0.29, 0.717) is 44.1 Å². The van der Waals surface area contributed by atoms with Gasteiger partial charge in [-0.15, -0.1) is 0 Å². The van der Waals surface area contributed by atoms with Crippen LogP contribution in [0.25, 0.3) is 0 Å². The van der Waals surface area contributed by atoms with Gasteiger partial charge in [-0.3, -0.25) is 9.69 Å². The number of carbonyl (C=O) groups is 1. The topological polar surface area (TPSA) is 88.8 Å². The van der Waals surface area contributed by atoms with Crippen LogP contribution >= 0.6 is 0 Å². The van der Waals surface area contributed by atoms with Crippen LogP contribution in [0.15, 0.2) is 36.9 Å². The van der Waals surface area contributed by atoms with E-state index in [1.807, 2.05) is 0 Å². The number of para-hydroxylation sites is 1. The number of rotatable bonds is 7. The van der Waals surface area contributed by atoms with Crippen molar-refractivity contribution in [3.8, 4) is 12.1 Å². The summed E-state index contributed by atoms with van der Waals surface area (Å²) in [5.74, 6) is 0.456. The fraction of sp³-hybridized carbons (Fsp3) is 0.548. The zero-order chi connectivity index (χ0) is 30.4. The van der Waals surface area contributed by atoms with E-state index in [9.17, 15) is 23.2 Å². The molecule has 1 amide bonds. The van der Waals surface area contributed by atoms with Gasteiger partial charge in [0.1, 0.15) is 11.4 Å². The number of alkyl halides is 3. The van der Waals surface area contributed by atoms with Gasteiger partial charge in [0.25, 0.3) is 0 Å². The molecule has 0 spiro atoms. The Bertz CT molecular complexity index is 1440. The van der Waals surface area contributed by atoms with Gasteiger partial charge in [-0.2, -0.15) is 28.4 Å². The van der Waals surface area contributed by atoms with E-state index < -0.39 is 11.7 Å². The summed E-state index contributed by atoms with van der Waals surface area (Å²) in [5.41, 5.74) is 0.593. The largest absolute Gasteiger partial charge is 0.455 e. The summed E-state index contributed by atoms with van der Waals surface area (Å²) in [4.78, 5) is 30.1. The molecule has 0 radical (unpaired) electrons. The highest BCUT2D eigenvalue weighted by Crippen LogP contribution is 2.48. The highest BCUT2D eigenvalue weighted by molar-refractivity contribution is 5.87. The molecule has 43 heavy (non-hydrogen) atoms. The number of fused-ring (bicyclic) bond motifs is 1. The van der Waals surface area contributed by atoms with Crippen molar-refractivity contribution in [2.45, 2.75) is 68.9 Å². The van der Waals surface area contributed by atoms with Gasteiger partial charge >= 0.3 is 12.2 Å². The van der Waals surface area contributed by atoms with Crippen molar-refractivity contribution in [2.24, 2.45) is 0 Å². The summed E-state index contributed by atoms with van der Waals surface area (Å²) in [6.45, 7) is 6.44. The smallest absolute Gasteiger partial charge is 0.418 e.